The molecule has 0 atom stereocenters. The number of pyridine rings is 1. The number of nitrogens with one attached hydrogen (secondary N) is 1. The molecule has 0 saturated carbocycles. The molecule has 26 heavy (non-hydrogen) atoms. The van der Waals surface area contributed by atoms with E-state index in [4.69, 9.17) is 9.26 Å². The lowest BCUT2D eigenvalue weighted by molar-refractivity contribution is 0.0987. The highest BCUT2D eigenvalue weighted by molar-refractivity contribution is 6.07. The van der Waals surface area contributed by atoms with E-state index in [-0.39, 0.29) is 11.6 Å². The van der Waals surface area contributed by atoms with E-state index in [1.54, 1.807) is 6.20 Å². The zero-order valence-electron chi connectivity index (χ0n) is 13.8. The van der Waals surface area contributed by atoms with Crippen molar-refractivity contribution in [2.45, 2.75) is 6.61 Å². The summed E-state index contributed by atoms with van der Waals surface area (Å²) in [6.07, 6.45) is 1.71. The summed E-state index contributed by atoms with van der Waals surface area (Å²) in [4.78, 5) is 16.7. The van der Waals surface area contributed by atoms with Crippen molar-refractivity contribution in [3.63, 3.8) is 0 Å². The topological polar surface area (TPSA) is 77.2 Å². The SMILES string of the molecule is O=C(Nc1cccc2ncccc12)c1cc(OCc2ccccc2)no1. The van der Waals surface area contributed by atoms with Crippen LogP contribution in [0.1, 0.15) is 16.1 Å². The van der Waals surface area contributed by atoms with Gasteiger partial charge in [0, 0.05) is 11.6 Å². The molecule has 0 unspecified atom stereocenters. The average Bonchev–Trinajstić information content (AvgIpc) is 3.17. The van der Waals surface area contributed by atoms with Crippen LogP contribution in [-0.2, 0) is 6.61 Å². The molecule has 4 aromatic rings. The van der Waals surface area contributed by atoms with Gasteiger partial charge in [0.1, 0.15) is 6.61 Å². The quantitative estimate of drug-likeness (QED) is 0.590. The number of hydrogen-bond donors (Lipinski definition) is 1. The number of carbonyl (C=O) groups excluding carboxylic acids is 1. The Bertz CT molecular complexity index is 1040. The Morgan fingerprint density at radius 3 is 2.81 bits per heavy atom. The molecule has 1 amide bonds. The molecule has 128 valence electrons. The molecule has 0 spiro atoms. The number of fused-ring (bicyclic) bond motifs is 1. The van der Waals surface area contributed by atoms with Gasteiger partial charge in [-0.25, -0.2) is 0 Å². The number of carbonyl (C=O) groups is 1. The van der Waals surface area contributed by atoms with Crippen LogP contribution in [0.2, 0.25) is 0 Å². The van der Waals surface area contributed by atoms with E-state index < -0.39 is 5.91 Å². The van der Waals surface area contributed by atoms with Gasteiger partial charge >= 0.3 is 0 Å². The van der Waals surface area contributed by atoms with Crippen LogP contribution in [0.3, 0.4) is 0 Å². The molecule has 0 radical (unpaired) electrons. The van der Waals surface area contributed by atoms with Gasteiger partial charge in [0.05, 0.1) is 17.3 Å². The second-order valence-electron chi connectivity index (χ2n) is 5.63. The van der Waals surface area contributed by atoms with Crippen LogP contribution < -0.4 is 10.1 Å². The lowest BCUT2D eigenvalue weighted by atomic mass is 10.2. The summed E-state index contributed by atoms with van der Waals surface area (Å²) in [5.41, 5.74) is 2.46. The van der Waals surface area contributed by atoms with E-state index in [1.165, 1.54) is 6.07 Å². The van der Waals surface area contributed by atoms with Crippen molar-refractivity contribution in [1.82, 2.24) is 10.1 Å². The molecule has 6 nitrogen and oxygen atoms in total. The molecular weight excluding hydrogens is 330 g/mol. The Kier molecular flexibility index (Phi) is 4.30. The summed E-state index contributed by atoms with van der Waals surface area (Å²) < 4.78 is 10.6. The standard InChI is InChI=1S/C20H15N3O3/c24-20(22-17-10-4-9-16-15(17)8-5-11-21-16)18-12-19(23-26-18)25-13-14-6-2-1-3-7-14/h1-12H,13H2,(H,22,24). The van der Waals surface area contributed by atoms with Crippen LogP contribution in [0.5, 0.6) is 5.88 Å². The van der Waals surface area contributed by atoms with Crippen LogP contribution in [0.25, 0.3) is 10.9 Å². The maximum absolute atomic E-state index is 12.4. The minimum atomic E-state index is -0.400. The van der Waals surface area contributed by atoms with Crippen LogP contribution in [0.15, 0.2) is 77.4 Å². The molecule has 0 saturated heterocycles. The van der Waals surface area contributed by atoms with Crippen molar-refractivity contribution in [1.29, 1.82) is 0 Å². The largest absolute Gasteiger partial charge is 0.471 e. The molecule has 2 aromatic carbocycles. The third kappa shape index (κ3) is 3.39. The zero-order chi connectivity index (χ0) is 17.8. The summed E-state index contributed by atoms with van der Waals surface area (Å²) in [5.74, 6) is -0.0593. The number of aromatic nitrogens is 2. The van der Waals surface area contributed by atoms with E-state index in [0.717, 1.165) is 16.5 Å². The van der Waals surface area contributed by atoms with Crippen molar-refractivity contribution in [3.8, 4) is 5.88 Å². The maximum atomic E-state index is 12.4. The fourth-order valence-electron chi connectivity index (χ4n) is 2.56. The third-order valence-electron chi connectivity index (χ3n) is 3.84. The van der Waals surface area contributed by atoms with E-state index in [0.29, 0.717) is 12.3 Å². The van der Waals surface area contributed by atoms with E-state index in [2.05, 4.69) is 15.5 Å². The number of anilines is 1. The fraction of sp³-hybridized carbons (Fsp3) is 0.0500. The molecule has 0 aliphatic heterocycles. The summed E-state index contributed by atoms with van der Waals surface area (Å²) in [7, 11) is 0. The van der Waals surface area contributed by atoms with Crippen LogP contribution in [0.4, 0.5) is 5.69 Å². The Hall–Kier alpha value is -3.67. The molecule has 2 heterocycles. The predicted octanol–water partition coefficient (Wildman–Crippen LogP) is 4.05. The molecule has 0 bridgehead atoms. The van der Waals surface area contributed by atoms with Gasteiger partial charge in [-0.2, -0.15) is 0 Å². The number of rotatable bonds is 5. The van der Waals surface area contributed by atoms with Crippen molar-refractivity contribution in [2.75, 3.05) is 5.32 Å². The van der Waals surface area contributed by atoms with Gasteiger partial charge in [-0.3, -0.25) is 9.78 Å². The first-order valence-electron chi connectivity index (χ1n) is 8.08. The van der Waals surface area contributed by atoms with Crippen LogP contribution in [0, 0.1) is 0 Å². The second-order valence-corrected chi connectivity index (χ2v) is 5.63. The number of ether oxygens (including phenoxy) is 1. The summed E-state index contributed by atoms with van der Waals surface area (Å²) in [6, 6.07) is 20.4. The fourth-order valence-corrected chi connectivity index (χ4v) is 2.56. The molecule has 0 aliphatic carbocycles. The first-order chi connectivity index (χ1) is 12.8. The highest BCUT2D eigenvalue weighted by Crippen LogP contribution is 2.22. The highest BCUT2D eigenvalue weighted by atomic mass is 16.5. The Morgan fingerprint density at radius 1 is 1.04 bits per heavy atom. The van der Waals surface area contributed by atoms with Gasteiger partial charge in [0.25, 0.3) is 11.8 Å². The van der Waals surface area contributed by atoms with Gasteiger partial charge < -0.3 is 14.6 Å². The Morgan fingerprint density at radius 2 is 1.92 bits per heavy atom. The number of amides is 1. The highest BCUT2D eigenvalue weighted by Gasteiger charge is 2.15. The van der Waals surface area contributed by atoms with Gasteiger partial charge in [0.2, 0.25) is 5.76 Å². The zero-order valence-corrected chi connectivity index (χ0v) is 13.8. The van der Waals surface area contributed by atoms with Crippen molar-refractivity contribution in [3.05, 3.63) is 84.3 Å². The summed E-state index contributed by atoms with van der Waals surface area (Å²) in [5, 5.41) is 7.46. The van der Waals surface area contributed by atoms with Gasteiger partial charge in [0.15, 0.2) is 0 Å². The molecule has 6 heteroatoms. The van der Waals surface area contributed by atoms with Crippen molar-refractivity contribution >= 4 is 22.5 Å². The molecule has 0 aliphatic rings. The first kappa shape index (κ1) is 15.8. The predicted molar refractivity (Wildman–Crippen MR) is 97.0 cm³/mol. The Balaban J connectivity index is 1.46. The number of hydrogen-bond acceptors (Lipinski definition) is 5. The van der Waals surface area contributed by atoms with Gasteiger partial charge in [-0.05, 0) is 35.0 Å². The Labute approximate surface area is 149 Å². The molecular formula is C20H15N3O3. The van der Waals surface area contributed by atoms with E-state index >= 15 is 0 Å². The smallest absolute Gasteiger partial charge is 0.294 e. The molecule has 1 N–H and O–H groups in total. The third-order valence-corrected chi connectivity index (χ3v) is 3.84. The molecule has 2 aromatic heterocycles. The minimum Gasteiger partial charge on any atom is -0.471 e. The van der Waals surface area contributed by atoms with Crippen molar-refractivity contribution < 1.29 is 14.1 Å². The van der Waals surface area contributed by atoms with E-state index in [1.807, 2.05) is 60.7 Å². The average molecular weight is 345 g/mol. The van der Waals surface area contributed by atoms with Crippen LogP contribution in [-0.4, -0.2) is 16.0 Å². The van der Waals surface area contributed by atoms with Crippen LogP contribution >= 0.6 is 0 Å². The van der Waals surface area contributed by atoms with Gasteiger partial charge in [-0.15, -0.1) is 0 Å². The number of benzene rings is 2. The normalized spacial score (nSPS) is 10.6. The monoisotopic (exact) mass is 345 g/mol. The molecule has 4 rings (SSSR count). The molecule has 0 fully saturated rings. The van der Waals surface area contributed by atoms with Crippen molar-refractivity contribution in [2.24, 2.45) is 0 Å². The lowest BCUT2D eigenvalue weighted by Gasteiger charge is -2.06. The lowest BCUT2D eigenvalue weighted by Crippen LogP contribution is -2.11. The number of nitrogens with zero attached hydrogens (tertiary/aromatic N) is 2. The maximum Gasteiger partial charge on any atom is 0.294 e. The second kappa shape index (κ2) is 7.06. The minimum absolute atomic E-state index is 0.0777. The van der Waals surface area contributed by atoms with E-state index in [9.17, 15) is 4.79 Å². The first-order valence-corrected chi connectivity index (χ1v) is 8.08. The summed E-state index contributed by atoms with van der Waals surface area (Å²) >= 11 is 0. The van der Waals surface area contributed by atoms with Gasteiger partial charge in [-0.1, -0.05) is 36.4 Å². The summed E-state index contributed by atoms with van der Waals surface area (Å²) in [6.45, 7) is 0.351.